The molecule has 128 valence electrons. The molecule has 1 aromatic heterocycles. The molecule has 0 saturated carbocycles. The second-order valence-electron chi connectivity index (χ2n) is 6.43. The van der Waals surface area contributed by atoms with Gasteiger partial charge in [0, 0.05) is 29.5 Å². The molecule has 0 unspecified atom stereocenters. The van der Waals surface area contributed by atoms with E-state index in [0.29, 0.717) is 29.6 Å². The fourth-order valence-electron chi connectivity index (χ4n) is 3.34. The van der Waals surface area contributed by atoms with E-state index < -0.39 is 0 Å². The van der Waals surface area contributed by atoms with Crippen LogP contribution < -0.4 is 14.8 Å². The average Bonchev–Trinajstić information content (AvgIpc) is 3.10. The second kappa shape index (κ2) is 6.59. The molecule has 5 nitrogen and oxygen atoms in total. The lowest BCUT2D eigenvalue weighted by atomic mass is 10.1. The third-order valence-corrected chi connectivity index (χ3v) is 4.42. The quantitative estimate of drug-likeness (QED) is 0.915. The maximum Gasteiger partial charge on any atom is 0.251 e. The van der Waals surface area contributed by atoms with Crippen molar-refractivity contribution in [3.63, 3.8) is 0 Å². The highest BCUT2D eigenvalue weighted by Crippen LogP contribution is 2.32. The van der Waals surface area contributed by atoms with Crippen molar-refractivity contribution in [3.8, 4) is 11.5 Å². The van der Waals surface area contributed by atoms with E-state index in [1.54, 1.807) is 18.2 Å². The Balaban J connectivity index is 1.60. The van der Waals surface area contributed by atoms with Crippen LogP contribution in [0.25, 0.3) is 0 Å². The Labute approximate surface area is 142 Å². The molecular formula is C19H24N2O3. The van der Waals surface area contributed by atoms with Crippen molar-refractivity contribution in [2.45, 2.75) is 40.2 Å². The molecule has 1 aliphatic heterocycles. The van der Waals surface area contributed by atoms with Crippen LogP contribution in [0, 0.1) is 13.8 Å². The summed E-state index contributed by atoms with van der Waals surface area (Å²) in [6.07, 6.45) is 0.822. The van der Waals surface area contributed by atoms with Crippen molar-refractivity contribution < 1.29 is 14.3 Å². The van der Waals surface area contributed by atoms with Crippen LogP contribution in [0.3, 0.4) is 0 Å². The molecular weight excluding hydrogens is 304 g/mol. The largest absolute Gasteiger partial charge is 0.454 e. The Kier molecular flexibility index (Phi) is 4.51. The zero-order valence-corrected chi connectivity index (χ0v) is 14.7. The SMILES string of the molecule is Cc1cc(CCNC(=O)c2ccc3c(c2)OCO3)c(C)n1C(C)C. The van der Waals surface area contributed by atoms with E-state index in [0.717, 1.165) is 6.42 Å². The first-order valence-corrected chi connectivity index (χ1v) is 8.32. The van der Waals surface area contributed by atoms with E-state index in [1.165, 1.54) is 17.0 Å². The third-order valence-electron chi connectivity index (χ3n) is 4.42. The summed E-state index contributed by atoms with van der Waals surface area (Å²) in [7, 11) is 0. The minimum absolute atomic E-state index is 0.0917. The van der Waals surface area contributed by atoms with Crippen LogP contribution in [0.5, 0.6) is 11.5 Å². The summed E-state index contributed by atoms with van der Waals surface area (Å²) in [6, 6.07) is 7.91. The summed E-state index contributed by atoms with van der Waals surface area (Å²) >= 11 is 0. The highest BCUT2D eigenvalue weighted by atomic mass is 16.7. The van der Waals surface area contributed by atoms with E-state index >= 15 is 0 Å². The molecule has 0 fully saturated rings. The van der Waals surface area contributed by atoms with Crippen LogP contribution in [0.15, 0.2) is 24.3 Å². The molecule has 3 rings (SSSR count). The number of amides is 1. The number of ether oxygens (including phenoxy) is 2. The van der Waals surface area contributed by atoms with Gasteiger partial charge in [-0.3, -0.25) is 4.79 Å². The Morgan fingerprint density at radius 1 is 1.21 bits per heavy atom. The van der Waals surface area contributed by atoms with Crippen molar-refractivity contribution in [1.29, 1.82) is 0 Å². The van der Waals surface area contributed by atoms with Gasteiger partial charge in [-0.05, 0) is 63.9 Å². The van der Waals surface area contributed by atoms with Gasteiger partial charge in [0.1, 0.15) is 0 Å². The minimum atomic E-state index is -0.0917. The van der Waals surface area contributed by atoms with Crippen LogP contribution in [0.4, 0.5) is 0 Å². The number of aryl methyl sites for hydroxylation is 1. The van der Waals surface area contributed by atoms with Crippen molar-refractivity contribution in [3.05, 3.63) is 46.8 Å². The highest BCUT2D eigenvalue weighted by Gasteiger charge is 2.16. The van der Waals surface area contributed by atoms with Gasteiger partial charge < -0.3 is 19.4 Å². The number of aromatic nitrogens is 1. The summed E-state index contributed by atoms with van der Waals surface area (Å²) in [5.74, 6) is 1.22. The van der Waals surface area contributed by atoms with Gasteiger partial charge in [-0.2, -0.15) is 0 Å². The Bertz CT molecular complexity index is 762. The number of nitrogens with zero attached hydrogens (tertiary/aromatic N) is 1. The van der Waals surface area contributed by atoms with Crippen LogP contribution in [-0.4, -0.2) is 23.8 Å². The molecule has 1 N–H and O–H groups in total. The number of fused-ring (bicyclic) bond motifs is 1. The fourth-order valence-corrected chi connectivity index (χ4v) is 3.34. The number of carbonyl (C=O) groups excluding carboxylic acids is 1. The van der Waals surface area contributed by atoms with Gasteiger partial charge in [0.15, 0.2) is 11.5 Å². The zero-order chi connectivity index (χ0) is 17.3. The van der Waals surface area contributed by atoms with E-state index in [9.17, 15) is 4.79 Å². The highest BCUT2D eigenvalue weighted by molar-refractivity contribution is 5.94. The molecule has 0 aliphatic carbocycles. The molecule has 0 radical (unpaired) electrons. The van der Waals surface area contributed by atoms with Crippen molar-refractivity contribution >= 4 is 5.91 Å². The van der Waals surface area contributed by atoms with E-state index in [-0.39, 0.29) is 12.7 Å². The Morgan fingerprint density at radius 3 is 2.67 bits per heavy atom. The topological polar surface area (TPSA) is 52.5 Å². The zero-order valence-electron chi connectivity index (χ0n) is 14.7. The second-order valence-corrected chi connectivity index (χ2v) is 6.43. The lowest BCUT2D eigenvalue weighted by molar-refractivity contribution is 0.0953. The molecule has 1 aromatic carbocycles. The number of hydrogen-bond acceptors (Lipinski definition) is 3. The lowest BCUT2D eigenvalue weighted by Crippen LogP contribution is -2.25. The van der Waals surface area contributed by atoms with Gasteiger partial charge in [-0.25, -0.2) is 0 Å². The van der Waals surface area contributed by atoms with Gasteiger partial charge in [0.05, 0.1) is 0 Å². The van der Waals surface area contributed by atoms with Gasteiger partial charge in [-0.15, -0.1) is 0 Å². The van der Waals surface area contributed by atoms with Crippen LogP contribution >= 0.6 is 0 Å². The Morgan fingerprint density at radius 2 is 1.96 bits per heavy atom. The maximum atomic E-state index is 12.3. The molecule has 2 aromatic rings. The number of nitrogens with one attached hydrogen (secondary N) is 1. The first-order valence-electron chi connectivity index (χ1n) is 8.32. The molecule has 0 saturated heterocycles. The molecule has 1 amide bonds. The predicted molar refractivity (Wildman–Crippen MR) is 92.9 cm³/mol. The van der Waals surface area contributed by atoms with Crippen molar-refractivity contribution in [2.75, 3.05) is 13.3 Å². The smallest absolute Gasteiger partial charge is 0.251 e. The van der Waals surface area contributed by atoms with E-state index in [2.05, 4.69) is 43.6 Å². The number of carbonyl (C=O) groups is 1. The number of benzene rings is 1. The number of hydrogen-bond donors (Lipinski definition) is 1. The van der Waals surface area contributed by atoms with Crippen LogP contribution in [0.2, 0.25) is 0 Å². The van der Waals surface area contributed by atoms with Gasteiger partial charge in [-0.1, -0.05) is 0 Å². The van der Waals surface area contributed by atoms with Gasteiger partial charge in [0.25, 0.3) is 5.91 Å². The molecule has 0 bridgehead atoms. The van der Waals surface area contributed by atoms with Crippen molar-refractivity contribution in [2.24, 2.45) is 0 Å². The summed E-state index contributed by atoms with van der Waals surface area (Å²) in [4.78, 5) is 12.3. The predicted octanol–water partition coefficient (Wildman–Crippen LogP) is 3.39. The van der Waals surface area contributed by atoms with Gasteiger partial charge in [0.2, 0.25) is 6.79 Å². The first kappa shape index (κ1) is 16.4. The molecule has 2 heterocycles. The Hall–Kier alpha value is -2.43. The third kappa shape index (κ3) is 3.11. The summed E-state index contributed by atoms with van der Waals surface area (Å²) in [5.41, 5.74) is 4.42. The van der Waals surface area contributed by atoms with Gasteiger partial charge >= 0.3 is 0 Å². The molecule has 1 aliphatic rings. The average molecular weight is 328 g/mol. The standard InChI is InChI=1S/C19H24N2O3/c1-12(2)21-13(3)9-15(14(21)4)7-8-20-19(22)16-5-6-17-18(10-16)24-11-23-17/h5-6,9-10,12H,7-8,11H2,1-4H3,(H,20,22). The van der Waals surface area contributed by atoms with Crippen molar-refractivity contribution in [1.82, 2.24) is 9.88 Å². The lowest BCUT2D eigenvalue weighted by Gasteiger charge is -2.14. The monoisotopic (exact) mass is 328 g/mol. The normalized spacial score (nSPS) is 12.7. The maximum absolute atomic E-state index is 12.3. The van der Waals surface area contributed by atoms with E-state index in [4.69, 9.17) is 9.47 Å². The van der Waals surface area contributed by atoms with E-state index in [1.807, 2.05) is 0 Å². The summed E-state index contributed by atoms with van der Waals surface area (Å²) < 4.78 is 12.9. The molecule has 24 heavy (non-hydrogen) atoms. The van der Waals surface area contributed by atoms with Crippen LogP contribution in [-0.2, 0) is 6.42 Å². The summed E-state index contributed by atoms with van der Waals surface area (Å²) in [6.45, 7) is 9.46. The minimum Gasteiger partial charge on any atom is -0.454 e. The first-order chi connectivity index (χ1) is 11.5. The number of rotatable bonds is 5. The summed E-state index contributed by atoms with van der Waals surface area (Å²) in [5, 5.41) is 2.98. The molecule has 5 heteroatoms. The fraction of sp³-hybridized carbons (Fsp3) is 0.421. The molecule has 0 spiro atoms. The van der Waals surface area contributed by atoms with Crippen LogP contribution in [0.1, 0.15) is 47.2 Å². The molecule has 0 atom stereocenters.